The maximum absolute atomic E-state index is 11.2. The molecule has 1 heterocycles. The van der Waals surface area contributed by atoms with Crippen molar-refractivity contribution in [3.8, 4) is 0 Å². The summed E-state index contributed by atoms with van der Waals surface area (Å²) < 4.78 is 1.56. The second-order valence-corrected chi connectivity index (χ2v) is 2.92. The summed E-state index contributed by atoms with van der Waals surface area (Å²) in [5, 5.41) is 8.56. The average molecular weight is 182 g/mol. The van der Waals surface area contributed by atoms with E-state index in [-0.39, 0.29) is 12.2 Å². The molecule has 4 heteroatoms. The van der Waals surface area contributed by atoms with E-state index in [1.807, 2.05) is 0 Å². The first kappa shape index (κ1) is 9.80. The Bertz CT molecular complexity index is 320. The number of aliphatic hydroxyl groups excluding tert-OH is 1. The number of unbranched alkanes of at least 4 members (excludes halogenated alkanes) is 1. The Morgan fingerprint density at radius 3 is 2.85 bits per heavy atom. The fourth-order valence-electron chi connectivity index (χ4n) is 1.12. The van der Waals surface area contributed by atoms with Gasteiger partial charge < -0.3 is 15.4 Å². The fourth-order valence-corrected chi connectivity index (χ4v) is 1.12. The van der Waals surface area contributed by atoms with Crippen LogP contribution in [0.2, 0.25) is 0 Å². The van der Waals surface area contributed by atoms with Crippen LogP contribution in [0.25, 0.3) is 0 Å². The van der Waals surface area contributed by atoms with E-state index >= 15 is 0 Å². The third kappa shape index (κ3) is 2.91. The monoisotopic (exact) mass is 182 g/mol. The summed E-state index contributed by atoms with van der Waals surface area (Å²) in [6.45, 7) is 0.779. The Labute approximate surface area is 76.6 Å². The molecule has 0 aromatic carbocycles. The highest BCUT2D eigenvalue weighted by Crippen LogP contribution is 1.98. The van der Waals surface area contributed by atoms with E-state index in [2.05, 4.69) is 0 Å². The Hall–Kier alpha value is -1.29. The number of nitrogen functional groups attached to an aromatic ring is 1. The zero-order valence-corrected chi connectivity index (χ0v) is 7.44. The lowest BCUT2D eigenvalue weighted by Gasteiger charge is -2.04. The minimum Gasteiger partial charge on any atom is -0.398 e. The predicted octanol–water partition coefficient (Wildman–Crippen LogP) is 0.203. The molecule has 0 aliphatic rings. The molecule has 4 nitrogen and oxygen atoms in total. The number of aryl methyl sites for hydroxylation is 1. The van der Waals surface area contributed by atoms with Crippen LogP contribution in [0.4, 0.5) is 5.69 Å². The Kier molecular flexibility index (Phi) is 3.52. The van der Waals surface area contributed by atoms with Crippen LogP contribution in [-0.4, -0.2) is 16.3 Å². The number of rotatable bonds is 4. The smallest absolute Gasteiger partial charge is 0.250 e. The van der Waals surface area contributed by atoms with Gasteiger partial charge >= 0.3 is 0 Å². The zero-order chi connectivity index (χ0) is 9.68. The average Bonchev–Trinajstić information content (AvgIpc) is 2.11. The molecule has 1 aromatic heterocycles. The molecule has 0 spiro atoms. The molecule has 0 unspecified atom stereocenters. The van der Waals surface area contributed by atoms with Gasteiger partial charge in [0, 0.05) is 31.1 Å². The molecule has 0 bridgehead atoms. The van der Waals surface area contributed by atoms with Gasteiger partial charge in [-0.05, 0) is 18.9 Å². The largest absolute Gasteiger partial charge is 0.398 e. The van der Waals surface area contributed by atoms with Crippen molar-refractivity contribution in [1.29, 1.82) is 0 Å². The summed E-state index contributed by atoms with van der Waals surface area (Å²) in [6, 6.07) is 3.04. The summed E-state index contributed by atoms with van der Waals surface area (Å²) >= 11 is 0. The second-order valence-electron chi connectivity index (χ2n) is 2.92. The first-order valence-corrected chi connectivity index (χ1v) is 4.31. The first-order valence-electron chi connectivity index (χ1n) is 4.31. The van der Waals surface area contributed by atoms with Gasteiger partial charge in [0.15, 0.2) is 0 Å². The molecule has 0 atom stereocenters. The second kappa shape index (κ2) is 4.67. The Balaban J connectivity index is 2.65. The molecule has 0 saturated heterocycles. The molecule has 13 heavy (non-hydrogen) atoms. The number of hydrogen-bond acceptors (Lipinski definition) is 3. The molecule has 0 fully saturated rings. The van der Waals surface area contributed by atoms with Gasteiger partial charge in [-0.25, -0.2) is 0 Å². The van der Waals surface area contributed by atoms with Crippen LogP contribution in [0, 0.1) is 0 Å². The molecule has 1 rings (SSSR count). The Morgan fingerprint density at radius 1 is 1.38 bits per heavy atom. The van der Waals surface area contributed by atoms with Gasteiger partial charge in [0.25, 0.3) is 5.56 Å². The fraction of sp³-hybridized carbons (Fsp3) is 0.444. The third-order valence-corrected chi connectivity index (χ3v) is 1.81. The molecule has 72 valence electrons. The molecular formula is C9H14N2O2. The molecule has 0 saturated carbocycles. The van der Waals surface area contributed by atoms with E-state index in [0.717, 1.165) is 6.42 Å². The van der Waals surface area contributed by atoms with Crippen molar-refractivity contribution in [2.45, 2.75) is 19.4 Å². The van der Waals surface area contributed by atoms with Crippen molar-refractivity contribution >= 4 is 5.69 Å². The molecule has 3 N–H and O–H groups in total. The first-order chi connectivity index (χ1) is 6.24. The van der Waals surface area contributed by atoms with Crippen LogP contribution >= 0.6 is 0 Å². The number of aliphatic hydroxyl groups is 1. The summed E-state index contributed by atoms with van der Waals surface area (Å²) in [5.74, 6) is 0. The summed E-state index contributed by atoms with van der Waals surface area (Å²) in [7, 11) is 0. The van der Waals surface area contributed by atoms with E-state index in [4.69, 9.17) is 10.8 Å². The van der Waals surface area contributed by atoms with E-state index < -0.39 is 0 Å². The summed E-state index contributed by atoms with van der Waals surface area (Å²) in [5.41, 5.74) is 6.06. The van der Waals surface area contributed by atoms with E-state index in [1.54, 1.807) is 16.8 Å². The number of aromatic nitrogens is 1. The van der Waals surface area contributed by atoms with Gasteiger partial charge in [0.1, 0.15) is 0 Å². The normalized spacial score (nSPS) is 10.2. The highest BCUT2D eigenvalue weighted by molar-refractivity contribution is 5.33. The van der Waals surface area contributed by atoms with Gasteiger partial charge in [0.05, 0.1) is 0 Å². The molecule has 0 aliphatic heterocycles. The van der Waals surface area contributed by atoms with E-state index in [0.29, 0.717) is 18.7 Å². The van der Waals surface area contributed by atoms with Crippen molar-refractivity contribution in [1.82, 2.24) is 4.57 Å². The minimum absolute atomic E-state index is 0.0489. The minimum atomic E-state index is -0.0489. The number of pyridine rings is 1. The van der Waals surface area contributed by atoms with Crippen molar-refractivity contribution in [3.63, 3.8) is 0 Å². The molecule has 0 amide bonds. The van der Waals surface area contributed by atoms with Crippen molar-refractivity contribution in [2.75, 3.05) is 12.3 Å². The number of anilines is 1. The number of hydrogen-bond donors (Lipinski definition) is 2. The third-order valence-electron chi connectivity index (χ3n) is 1.81. The number of nitrogens with zero attached hydrogens (tertiary/aromatic N) is 1. The highest BCUT2D eigenvalue weighted by atomic mass is 16.2. The molecular weight excluding hydrogens is 168 g/mol. The van der Waals surface area contributed by atoms with E-state index in [9.17, 15) is 4.79 Å². The highest BCUT2D eigenvalue weighted by Gasteiger charge is 1.95. The van der Waals surface area contributed by atoms with Gasteiger partial charge in [-0.2, -0.15) is 0 Å². The van der Waals surface area contributed by atoms with Crippen molar-refractivity contribution in [3.05, 3.63) is 28.7 Å². The maximum Gasteiger partial charge on any atom is 0.250 e. The van der Waals surface area contributed by atoms with E-state index in [1.165, 1.54) is 6.07 Å². The van der Waals surface area contributed by atoms with Crippen LogP contribution < -0.4 is 11.3 Å². The lowest BCUT2D eigenvalue weighted by atomic mass is 10.3. The van der Waals surface area contributed by atoms with Gasteiger partial charge in [-0.15, -0.1) is 0 Å². The summed E-state index contributed by atoms with van der Waals surface area (Å²) in [6.07, 6.45) is 3.13. The molecule has 0 aliphatic carbocycles. The lowest BCUT2D eigenvalue weighted by Crippen LogP contribution is -2.19. The van der Waals surface area contributed by atoms with Gasteiger partial charge in [-0.3, -0.25) is 4.79 Å². The Morgan fingerprint density at radius 2 is 2.15 bits per heavy atom. The predicted molar refractivity (Wildman–Crippen MR) is 51.4 cm³/mol. The van der Waals surface area contributed by atoms with Crippen LogP contribution in [0.1, 0.15) is 12.8 Å². The van der Waals surface area contributed by atoms with Crippen LogP contribution in [0.15, 0.2) is 23.1 Å². The van der Waals surface area contributed by atoms with Gasteiger partial charge in [-0.1, -0.05) is 0 Å². The standard InChI is InChI=1S/C9H14N2O2/c10-8-3-4-9(13)11(7-8)5-1-2-6-12/h3-4,7,12H,1-2,5-6,10H2. The number of nitrogens with two attached hydrogens (primary N) is 1. The molecule has 1 aromatic rings. The van der Waals surface area contributed by atoms with Crippen LogP contribution in [0.5, 0.6) is 0 Å². The summed E-state index contributed by atoms with van der Waals surface area (Å²) in [4.78, 5) is 11.2. The van der Waals surface area contributed by atoms with Crippen LogP contribution in [0.3, 0.4) is 0 Å². The maximum atomic E-state index is 11.2. The van der Waals surface area contributed by atoms with Gasteiger partial charge in [0.2, 0.25) is 0 Å². The zero-order valence-electron chi connectivity index (χ0n) is 7.44. The quantitative estimate of drug-likeness (QED) is 0.654. The SMILES string of the molecule is Nc1ccc(=O)n(CCCCO)c1. The van der Waals surface area contributed by atoms with Crippen LogP contribution in [-0.2, 0) is 6.54 Å². The molecule has 0 radical (unpaired) electrons. The topological polar surface area (TPSA) is 68.2 Å². The van der Waals surface area contributed by atoms with Crippen molar-refractivity contribution < 1.29 is 5.11 Å². The van der Waals surface area contributed by atoms with Crippen molar-refractivity contribution in [2.24, 2.45) is 0 Å². The lowest BCUT2D eigenvalue weighted by molar-refractivity contribution is 0.281.